The highest BCUT2D eigenvalue weighted by atomic mass is 32.2. The second kappa shape index (κ2) is 7.49. The topological polar surface area (TPSA) is 97.4 Å². The smallest absolute Gasteiger partial charge is 0.263 e. The highest BCUT2D eigenvalue weighted by Crippen LogP contribution is 2.46. The van der Waals surface area contributed by atoms with Crippen molar-refractivity contribution in [2.24, 2.45) is 0 Å². The van der Waals surface area contributed by atoms with Crippen molar-refractivity contribution in [3.8, 4) is 5.75 Å². The molecule has 0 bridgehead atoms. The van der Waals surface area contributed by atoms with E-state index >= 15 is 0 Å². The SMILES string of the molecule is COc1cccc(C2(NC(=O)c3ccc(S(=O)(=O)Nc4nccs4)cc3)CC2)c1. The molecule has 7 nitrogen and oxygen atoms in total. The number of carbonyl (C=O) groups excluding carboxylic acids is 1. The fraction of sp³-hybridized carbons (Fsp3) is 0.200. The Morgan fingerprint density at radius 1 is 1.17 bits per heavy atom. The maximum absolute atomic E-state index is 12.7. The molecule has 1 saturated carbocycles. The number of anilines is 1. The van der Waals surface area contributed by atoms with Crippen LogP contribution in [0.5, 0.6) is 5.75 Å². The highest BCUT2D eigenvalue weighted by Gasteiger charge is 2.46. The van der Waals surface area contributed by atoms with Crippen molar-refractivity contribution >= 4 is 32.4 Å². The molecule has 0 spiro atoms. The number of ether oxygens (including phenoxy) is 1. The van der Waals surface area contributed by atoms with Gasteiger partial charge in [-0.1, -0.05) is 12.1 Å². The predicted molar refractivity (Wildman–Crippen MR) is 111 cm³/mol. The van der Waals surface area contributed by atoms with E-state index in [1.807, 2.05) is 24.3 Å². The molecule has 0 atom stereocenters. The highest BCUT2D eigenvalue weighted by molar-refractivity contribution is 7.93. The van der Waals surface area contributed by atoms with Gasteiger partial charge in [-0.15, -0.1) is 11.3 Å². The number of amides is 1. The summed E-state index contributed by atoms with van der Waals surface area (Å²) in [6.07, 6.45) is 3.21. The molecule has 0 aliphatic heterocycles. The first kappa shape index (κ1) is 19.4. The quantitative estimate of drug-likeness (QED) is 0.600. The van der Waals surface area contributed by atoms with Crippen LogP contribution in [0.15, 0.2) is 65.0 Å². The van der Waals surface area contributed by atoms with Gasteiger partial charge in [-0.05, 0) is 54.8 Å². The molecule has 0 unspecified atom stereocenters. The van der Waals surface area contributed by atoms with Gasteiger partial charge in [0.05, 0.1) is 17.5 Å². The summed E-state index contributed by atoms with van der Waals surface area (Å²) >= 11 is 1.19. The molecule has 1 heterocycles. The number of sulfonamides is 1. The third-order valence-corrected chi connectivity index (χ3v) is 6.98. The van der Waals surface area contributed by atoms with Gasteiger partial charge in [-0.25, -0.2) is 13.4 Å². The Kier molecular flexibility index (Phi) is 5.01. The molecule has 150 valence electrons. The van der Waals surface area contributed by atoms with Crippen LogP contribution in [-0.2, 0) is 15.6 Å². The number of rotatable bonds is 7. The van der Waals surface area contributed by atoms with Gasteiger partial charge in [0.25, 0.3) is 15.9 Å². The van der Waals surface area contributed by atoms with Crippen LogP contribution >= 0.6 is 11.3 Å². The largest absolute Gasteiger partial charge is 0.497 e. The van der Waals surface area contributed by atoms with Gasteiger partial charge in [0.15, 0.2) is 5.13 Å². The van der Waals surface area contributed by atoms with Gasteiger partial charge < -0.3 is 10.1 Å². The van der Waals surface area contributed by atoms with Gasteiger partial charge in [-0.2, -0.15) is 0 Å². The first-order valence-corrected chi connectivity index (χ1v) is 11.3. The molecular weight excluding hydrogens is 410 g/mol. The van der Waals surface area contributed by atoms with E-state index < -0.39 is 15.6 Å². The van der Waals surface area contributed by atoms with Gasteiger partial charge in [0, 0.05) is 17.1 Å². The molecule has 1 amide bonds. The Morgan fingerprint density at radius 2 is 1.93 bits per heavy atom. The number of carbonyl (C=O) groups is 1. The van der Waals surface area contributed by atoms with E-state index in [1.165, 1.54) is 41.8 Å². The number of benzene rings is 2. The normalized spacial score (nSPS) is 14.8. The minimum atomic E-state index is -3.75. The van der Waals surface area contributed by atoms with Gasteiger partial charge >= 0.3 is 0 Å². The summed E-state index contributed by atoms with van der Waals surface area (Å²) in [5.74, 6) is 0.493. The van der Waals surface area contributed by atoms with Crippen molar-refractivity contribution in [2.45, 2.75) is 23.3 Å². The molecule has 29 heavy (non-hydrogen) atoms. The molecule has 9 heteroatoms. The Labute approximate surface area is 172 Å². The van der Waals surface area contributed by atoms with Crippen LogP contribution in [0.1, 0.15) is 28.8 Å². The van der Waals surface area contributed by atoms with Crippen molar-refractivity contribution in [3.05, 3.63) is 71.2 Å². The summed E-state index contributed by atoms with van der Waals surface area (Å²) in [5, 5.41) is 5.05. The maximum atomic E-state index is 12.7. The standard InChI is InChI=1S/C20H19N3O4S2/c1-27-16-4-2-3-15(13-16)20(9-10-20)22-18(24)14-5-7-17(8-6-14)29(25,26)23-19-21-11-12-28-19/h2-8,11-13H,9-10H2,1H3,(H,21,23)(H,22,24). The number of nitrogens with zero attached hydrogens (tertiary/aromatic N) is 1. The summed E-state index contributed by atoms with van der Waals surface area (Å²) in [7, 11) is -2.14. The zero-order valence-electron chi connectivity index (χ0n) is 15.6. The van der Waals surface area contributed by atoms with Crippen molar-refractivity contribution in [2.75, 3.05) is 11.8 Å². The Bertz CT molecular complexity index is 1120. The van der Waals surface area contributed by atoms with E-state index in [4.69, 9.17) is 4.74 Å². The van der Waals surface area contributed by atoms with Crippen LogP contribution in [0.4, 0.5) is 5.13 Å². The number of hydrogen-bond donors (Lipinski definition) is 2. The third kappa shape index (κ3) is 4.10. The number of aromatic nitrogens is 1. The summed E-state index contributed by atoms with van der Waals surface area (Å²) in [6.45, 7) is 0. The molecule has 0 radical (unpaired) electrons. The average molecular weight is 430 g/mol. The Morgan fingerprint density at radius 3 is 2.55 bits per heavy atom. The van der Waals surface area contributed by atoms with Crippen molar-refractivity contribution in [3.63, 3.8) is 0 Å². The molecule has 0 saturated heterocycles. The molecule has 1 aromatic heterocycles. The summed E-state index contributed by atoms with van der Waals surface area (Å²) < 4.78 is 32.5. The molecule has 4 rings (SSSR count). The lowest BCUT2D eigenvalue weighted by Gasteiger charge is -2.19. The first-order valence-electron chi connectivity index (χ1n) is 8.91. The van der Waals surface area contributed by atoms with Crippen LogP contribution < -0.4 is 14.8 Å². The second-order valence-corrected chi connectivity index (χ2v) is 9.31. The van der Waals surface area contributed by atoms with Gasteiger partial charge in [-0.3, -0.25) is 9.52 Å². The molecule has 1 aliphatic rings. The summed E-state index contributed by atoms with van der Waals surface area (Å²) in [6, 6.07) is 13.5. The molecule has 1 fully saturated rings. The minimum Gasteiger partial charge on any atom is -0.497 e. The van der Waals surface area contributed by atoms with E-state index in [-0.39, 0.29) is 10.8 Å². The summed E-state index contributed by atoms with van der Waals surface area (Å²) in [5.41, 5.74) is 0.993. The zero-order chi connectivity index (χ0) is 20.5. The van der Waals surface area contributed by atoms with E-state index in [0.717, 1.165) is 24.2 Å². The lowest BCUT2D eigenvalue weighted by Crippen LogP contribution is -2.34. The Balaban J connectivity index is 1.48. The van der Waals surface area contributed by atoms with Crippen LogP contribution in [0.25, 0.3) is 0 Å². The Hall–Kier alpha value is -2.91. The third-order valence-electron chi connectivity index (χ3n) is 4.81. The average Bonchev–Trinajstić information content (AvgIpc) is 3.34. The van der Waals surface area contributed by atoms with Crippen LogP contribution in [-0.4, -0.2) is 26.4 Å². The number of thiazole rings is 1. The van der Waals surface area contributed by atoms with Gasteiger partial charge in [0.1, 0.15) is 5.75 Å². The number of hydrogen-bond acceptors (Lipinski definition) is 6. The number of nitrogens with one attached hydrogen (secondary N) is 2. The molecular formula is C20H19N3O4S2. The fourth-order valence-electron chi connectivity index (χ4n) is 3.05. The van der Waals surface area contributed by atoms with E-state index in [1.54, 1.807) is 12.5 Å². The van der Waals surface area contributed by atoms with Crippen LogP contribution in [0, 0.1) is 0 Å². The van der Waals surface area contributed by atoms with Crippen molar-refractivity contribution in [1.29, 1.82) is 0 Å². The zero-order valence-corrected chi connectivity index (χ0v) is 17.2. The number of methoxy groups -OCH3 is 1. The first-order chi connectivity index (χ1) is 13.9. The van der Waals surface area contributed by atoms with Gasteiger partial charge in [0.2, 0.25) is 0 Å². The lowest BCUT2D eigenvalue weighted by atomic mass is 10.0. The minimum absolute atomic E-state index is 0.0678. The van der Waals surface area contributed by atoms with Crippen LogP contribution in [0.2, 0.25) is 0 Å². The molecule has 1 aliphatic carbocycles. The molecule has 2 N–H and O–H groups in total. The molecule has 3 aromatic rings. The van der Waals surface area contributed by atoms with E-state index in [0.29, 0.717) is 10.7 Å². The summed E-state index contributed by atoms with van der Waals surface area (Å²) in [4.78, 5) is 16.7. The second-order valence-electron chi connectivity index (χ2n) is 6.74. The monoisotopic (exact) mass is 429 g/mol. The van der Waals surface area contributed by atoms with E-state index in [9.17, 15) is 13.2 Å². The van der Waals surface area contributed by atoms with Crippen LogP contribution in [0.3, 0.4) is 0 Å². The predicted octanol–water partition coefficient (Wildman–Crippen LogP) is 3.37. The maximum Gasteiger partial charge on any atom is 0.263 e. The van der Waals surface area contributed by atoms with Crippen molar-refractivity contribution < 1.29 is 17.9 Å². The molecule has 2 aromatic carbocycles. The fourth-order valence-corrected chi connectivity index (χ4v) is 4.84. The van der Waals surface area contributed by atoms with Crippen molar-refractivity contribution in [1.82, 2.24) is 10.3 Å². The lowest BCUT2D eigenvalue weighted by molar-refractivity contribution is 0.0930. The van der Waals surface area contributed by atoms with E-state index in [2.05, 4.69) is 15.0 Å².